The third kappa shape index (κ3) is 4.46. The molecule has 0 fully saturated rings. The van der Waals surface area contributed by atoms with Crippen LogP contribution in [0.3, 0.4) is 0 Å². The van der Waals surface area contributed by atoms with Gasteiger partial charge in [-0.1, -0.05) is 11.6 Å². The zero-order chi connectivity index (χ0) is 19.3. The van der Waals surface area contributed by atoms with Crippen molar-refractivity contribution in [3.8, 4) is 11.5 Å². The fourth-order valence-electron chi connectivity index (χ4n) is 2.29. The molecule has 0 aliphatic carbocycles. The SMILES string of the molecule is CCOc1ccc(C(=O)[C@@H](C)OC(=O)c2cc(Cl)c(N)cc2OC)cc1. The summed E-state index contributed by atoms with van der Waals surface area (Å²) in [6.07, 6.45) is -0.985. The quantitative estimate of drug-likeness (QED) is 0.449. The van der Waals surface area contributed by atoms with Crippen LogP contribution < -0.4 is 15.2 Å². The number of nitrogen functional groups attached to an aromatic ring is 1. The summed E-state index contributed by atoms with van der Waals surface area (Å²) < 4.78 is 15.7. The summed E-state index contributed by atoms with van der Waals surface area (Å²) in [5.41, 5.74) is 6.48. The second-order valence-electron chi connectivity index (χ2n) is 5.44. The van der Waals surface area contributed by atoms with E-state index in [1.807, 2.05) is 6.92 Å². The molecule has 0 unspecified atom stereocenters. The maximum Gasteiger partial charge on any atom is 0.342 e. The first-order valence-electron chi connectivity index (χ1n) is 7.98. The Morgan fingerprint density at radius 3 is 2.42 bits per heavy atom. The van der Waals surface area contributed by atoms with Gasteiger partial charge in [0.1, 0.15) is 17.1 Å². The zero-order valence-corrected chi connectivity index (χ0v) is 15.5. The minimum absolute atomic E-state index is 0.0954. The van der Waals surface area contributed by atoms with Crippen LogP contribution in [0.2, 0.25) is 5.02 Å². The Labute approximate surface area is 156 Å². The van der Waals surface area contributed by atoms with E-state index in [4.69, 9.17) is 31.5 Å². The summed E-state index contributed by atoms with van der Waals surface area (Å²) in [7, 11) is 1.40. The van der Waals surface area contributed by atoms with Gasteiger partial charge >= 0.3 is 5.97 Å². The highest BCUT2D eigenvalue weighted by atomic mass is 35.5. The molecule has 2 N–H and O–H groups in total. The van der Waals surface area contributed by atoms with Crippen molar-refractivity contribution >= 4 is 29.0 Å². The summed E-state index contributed by atoms with van der Waals surface area (Å²) in [6, 6.07) is 9.41. The second-order valence-corrected chi connectivity index (χ2v) is 5.85. The normalized spacial score (nSPS) is 11.5. The molecule has 0 bridgehead atoms. The topological polar surface area (TPSA) is 87.9 Å². The molecular weight excluding hydrogens is 358 g/mol. The molecule has 2 aromatic carbocycles. The van der Waals surface area contributed by atoms with Crippen LogP contribution in [0.1, 0.15) is 34.6 Å². The molecule has 2 aromatic rings. The van der Waals surface area contributed by atoms with Gasteiger partial charge in [0.15, 0.2) is 6.10 Å². The number of halogens is 1. The number of carbonyl (C=O) groups is 2. The molecule has 0 saturated heterocycles. The zero-order valence-electron chi connectivity index (χ0n) is 14.7. The van der Waals surface area contributed by atoms with E-state index in [2.05, 4.69) is 0 Å². The predicted octanol–water partition coefficient (Wildman–Crippen LogP) is 3.76. The number of nitrogens with two attached hydrogens (primary N) is 1. The number of methoxy groups -OCH3 is 1. The van der Waals surface area contributed by atoms with Gasteiger partial charge in [-0.05, 0) is 44.2 Å². The maximum absolute atomic E-state index is 12.5. The lowest BCUT2D eigenvalue weighted by molar-refractivity contribution is 0.0316. The van der Waals surface area contributed by atoms with Gasteiger partial charge in [0.05, 0.1) is 24.4 Å². The number of hydrogen-bond acceptors (Lipinski definition) is 6. The number of anilines is 1. The molecule has 1 atom stereocenters. The molecule has 0 aromatic heterocycles. The van der Waals surface area contributed by atoms with E-state index in [9.17, 15) is 9.59 Å². The van der Waals surface area contributed by atoms with Crippen LogP contribution in [0, 0.1) is 0 Å². The van der Waals surface area contributed by atoms with Gasteiger partial charge in [0.2, 0.25) is 5.78 Å². The number of rotatable bonds is 7. The van der Waals surface area contributed by atoms with Crippen LogP contribution in [-0.4, -0.2) is 31.6 Å². The van der Waals surface area contributed by atoms with Gasteiger partial charge in [-0.25, -0.2) is 4.79 Å². The molecule has 0 saturated carbocycles. The first kappa shape index (κ1) is 19.6. The molecular formula is C19H20ClNO5. The van der Waals surface area contributed by atoms with Crippen LogP contribution in [0.25, 0.3) is 0 Å². The van der Waals surface area contributed by atoms with Gasteiger partial charge in [-0.3, -0.25) is 4.79 Å². The Morgan fingerprint density at radius 1 is 1.19 bits per heavy atom. The highest BCUT2D eigenvalue weighted by Crippen LogP contribution is 2.29. The number of ether oxygens (including phenoxy) is 3. The fraction of sp³-hybridized carbons (Fsp3) is 0.263. The number of carbonyl (C=O) groups excluding carboxylic acids is 2. The number of esters is 1. The molecule has 6 nitrogen and oxygen atoms in total. The molecule has 0 amide bonds. The summed E-state index contributed by atoms with van der Waals surface area (Å²) in [5.74, 6) is -0.176. The summed E-state index contributed by atoms with van der Waals surface area (Å²) in [4.78, 5) is 24.9. The van der Waals surface area contributed by atoms with E-state index >= 15 is 0 Å². The molecule has 0 aliphatic heterocycles. The first-order chi connectivity index (χ1) is 12.4. The Hall–Kier alpha value is -2.73. The van der Waals surface area contributed by atoms with E-state index in [1.165, 1.54) is 26.2 Å². The highest BCUT2D eigenvalue weighted by Gasteiger charge is 2.23. The summed E-state index contributed by atoms with van der Waals surface area (Å²) in [6.45, 7) is 3.91. The Bertz CT molecular complexity index is 804. The Balaban J connectivity index is 2.13. The smallest absolute Gasteiger partial charge is 0.342 e. The monoisotopic (exact) mass is 377 g/mol. The summed E-state index contributed by atoms with van der Waals surface area (Å²) in [5, 5.41) is 0.197. The van der Waals surface area contributed by atoms with Crippen molar-refractivity contribution in [2.45, 2.75) is 20.0 Å². The van der Waals surface area contributed by atoms with Crippen molar-refractivity contribution < 1.29 is 23.8 Å². The van der Waals surface area contributed by atoms with Crippen molar-refractivity contribution in [2.24, 2.45) is 0 Å². The summed E-state index contributed by atoms with van der Waals surface area (Å²) >= 11 is 5.96. The lowest BCUT2D eigenvalue weighted by atomic mass is 10.1. The van der Waals surface area contributed by atoms with Gasteiger partial charge in [0, 0.05) is 11.6 Å². The minimum Gasteiger partial charge on any atom is -0.496 e. The molecule has 0 heterocycles. The highest BCUT2D eigenvalue weighted by molar-refractivity contribution is 6.33. The van der Waals surface area contributed by atoms with Gasteiger partial charge in [-0.15, -0.1) is 0 Å². The lowest BCUT2D eigenvalue weighted by Crippen LogP contribution is -2.24. The van der Waals surface area contributed by atoms with Crippen LogP contribution in [0.5, 0.6) is 11.5 Å². The van der Waals surface area contributed by atoms with Crippen molar-refractivity contribution in [1.29, 1.82) is 0 Å². The Morgan fingerprint density at radius 2 is 1.85 bits per heavy atom. The third-order valence-electron chi connectivity index (χ3n) is 3.64. The van der Waals surface area contributed by atoms with Crippen molar-refractivity contribution in [3.63, 3.8) is 0 Å². The van der Waals surface area contributed by atoms with Gasteiger partial charge in [0.25, 0.3) is 0 Å². The number of benzene rings is 2. The largest absolute Gasteiger partial charge is 0.496 e. The Kier molecular flexibility index (Phi) is 6.46. The van der Waals surface area contributed by atoms with Gasteiger partial charge in [-0.2, -0.15) is 0 Å². The van der Waals surface area contributed by atoms with Crippen molar-refractivity contribution in [2.75, 3.05) is 19.5 Å². The van der Waals surface area contributed by atoms with E-state index in [0.29, 0.717) is 17.9 Å². The average Bonchev–Trinajstić information content (AvgIpc) is 2.63. The first-order valence-corrected chi connectivity index (χ1v) is 8.36. The van der Waals surface area contributed by atoms with Crippen molar-refractivity contribution in [3.05, 3.63) is 52.5 Å². The number of Topliss-reactive ketones (excluding diaryl/α,β-unsaturated/α-hetero) is 1. The minimum atomic E-state index is -0.985. The van der Waals surface area contributed by atoms with E-state index in [0.717, 1.165) is 0 Å². The molecule has 2 rings (SSSR count). The molecule has 138 valence electrons. The fourth-order valence-corrected chi connectivity index (χ4v) is 2.46. The van der Waals surface area contributed by atoms with E-state index in [1.54, 1.807) is 24.3 Å². The second kappa shape index (κ2) is 8.58. The van der Waals surface area contributed by atoms with Crippen molar-refractivity contribution in [1.82, 2.24) is 0 Å². The van der Waals surface area contributed by atoms with Crippen LogP contribution in [0.15, 0.2) is 36.4 Å². The van der Waals surface area contributed by atoms with Gasteiger partial charge < -0.3 is 19.9 Å². The molecule has 0 radical (unpaired) electrons. The molecule has 26 heavy (non-hydrogen) atoms. The van der Waals surface area contributed by atoms with E-state index in [-0.39, 0.29) is 27.8 Å². The third-order valence-corrected chi connectivity index (χ3v) is 3.97. The van der Waals surface area contributed by atoms with Crippen LogP contribution in [0.4, 0.5) is 5.69 Å². The number of ketones is 1. The lowest BCUT2D eigenvalue weighted by Gasteiger charge is -2.15. The average molecular weight is 378 g/mol. The van der Waals surface area contributed by atoms with E-state index < -0.39 is 12.1 Å². The number of hydrogen-bond donors (Lipinski definition) is 1. The standard InChI is InChI=1S/C19H20ClNO5/c1-4-25-13-7-5-12(6-8-13)18(22)11(2)26-19(23)14-9-15(20)16(21)10-17(14)24-3/h5-11H,4,21H2,1-3H3/t11-/m1/s1. The maximum atomic E-state index is 12.5. The van der Waals surface area contributed by atoms with Crippen LogP contribution in [-0.2, 0) is 4.74 Å². The molecule has 0 spiro atoms. The molecule has 7 heteroatoms. The van der Waals surface area contributed by atoms with Crippen LogP contribution >= 0.6 is 11.6 Å². The predicted molar refractivity (Wildman–Crippen MR) is 99.2 cm³/mol. The molecule has 0 aliphatic rings.